The van der Waals surface area contributed by atoms with Crippen molar-refractivity contribution < 1.29 is 8.78 Å². The average molecular weight is 284 g/mol. The molecule has 3 nitrogen and oxygen atoms in total. The molecule has 3 rings (SSSR count). The molecule has 1 aromatic heterocycles. The number of rotatable bonds is 4. The van der Waals surface area contributed by atoms with Crippen LogP contribution >= 0.6 is 11.6 Å². The van der Waals surface area contributed by atoms with E-state index in [-0.39, 0.29) is 0 Å². The standard InChI is InChI=1S/C13H12ClF2N3/c14-13-18-17-12(9-1-2-9)19(13)4-3-8-5-10(15)7-11(16)6-8/h5-7,9H,1-4H2. The second kappa shape index (κ2) is 4.89. The van der Waals surface area contributed by atoms with Crippen molar-refractivity contribution >= 4 is 11.6 Å². The smallest absolute Gasteiger partial charge is 0.225 e. The molecule has 0 aliphatic heterocycles. The highest BCUT2D eigenvalue weighted by atomic mass is 35.5. The predicted molar refractivity (Wildman–Crippen MR) is 67.1 cm³/mol. The van der Waals surface area contributed by atoms with E-state index in [9.17, 15) is 8.78 Å². The molecule has 1 saturated carbocycles. The number of aryl methyl sites for hydroxylation is 1. The summed E-state index contributed by atoms with van der Waals surface area (Å²) in [6.45, 7) is 0.528. The van der Waals surface area contributed by atoms with Crippen LogP contribution in [-0.4, -0.2) is 14.8 Å². The van der Waals surface area contributed by atoms with Crippen molar-refractivity contribution in [2.75, 3.05) is 0 Å². The average Bonchev–Trinajstić information content (AvgIpc) is 3.11. The molecule has 1 fully saturated rings. The number of benzene rings is 1. The monoisotopic (exact) mass is 283 g/mol. The fourth-order valence-electron chi connectivity index (χ4n) is 2.14. The maximum absolute atomic E-state index is 13.1. The van der Waals surface area contributed by atoms with Gasteiger partial charge in [0.25, 0.3) is 0 Å². The summed E-state index contributed by atoms with van der Waals surface area (Å²) < 4.78 is 28.0. The van der Waals surface area contributed by atoms with Gasteiger partial charge in [0.1, 0.15) is 17.5 Å². The summed E-state index contributed by atoms with van der Waals surface area (Å²) in [5, 5.41) is 8.25. The zero-order valence-corrected chi connectivity index (χ0v) is 10.9. The third kappa shape index (κ3) is 2.76. The third-order valence-corrected chi connectivity index (χ3v) is 3.50. The lowest BCUT2D eigenvalue weighted by molar-refractivity contribution is 0.575. The van der Waals surface area contributed by atoms with E-state index in [1.807, 2.05) is 4.57 Å². The molecule has 1 aliphatic carbocycles. The van der Waals surface area contributed by atoms with Crippen LogP contribution in [0.25, 0.3) is 0 Å². The van der Waals surface area contributed by atoms with Gasteiger partial charge < -0.3 is 4.57 Å². The summed E-state index contributed by atoms with van der Waals surface area (Å²) in [5.74, 6) is 0.186. The zero-order valence-electron chi connectivity index (χ0n) is 10.1. The highest BCUT2D eigenvalue weighted by Crippen LogP contribution is 2.39. The third-order valence-electron chi connectivity index (χ3n) is 3.22. The highest BCUT2D eigenvalue weighted by Gasteiger charge is 2.29. The van der Waals surface area contributed by atoms with Gasteiger partial charge in [-0.1, -0.05) is 0 Å². The summed E-state index contributed by atoms with van der Waals surface area (Å²) in [6.07, 6.45) is 2.69. The van der Waals surface area contributed by atoms with E-state index in [0.29, 0.717) is 29.7 Å². The molecule has 100 valence electrons. The van der Waals surface area contributed by atoms with E-state index < -0.39 is 11.6 Å². The van der Waals surface area contributed by atoms with Gasteiger partial charge >= 0.3 is 0 Å². The summed E-state index contributed by atoms with van der Waals surface area (Å²) >= 11 is 5.99. The lowest BCUT2D eigenvalue weighted by atomic mass is 10.1. The Kier molecular flexibility index (Phi) is 3.22. The summed E-state index contributed by atoms with van der Waals surface area (Å²) in [7, 11) is 0. The first-order valence-corrected chi connectivity index (χ1v) is 6.55. The number of hydrogen-bond donors (Lipinski definition) is 0. The Balaban J connectivity index is 1.77. The molecule has 1 aliphatic rings. The molecular weight excluding hydrogens is 272 g/mol. The SMILES string of the molecule is Fc1cc(F)cc(CCn2c(Cl)nnc2C2CC2)c1. The Hall–Kier alpha value is -1.49. The van der Waals surface area contributed by atoms with Gasteiger partial charge in [-0.15, -0.1) is 10.2 Å². The topological polar surface area (TPSA) is 30.7 Å². The molecule has 0 radical (unpaired) electrons. The fourth-order valence-corrected chi connectivity index (χ4v) is 2.35. The van der Waals surface area contributed by atoms with Crippen LogP contribution in [0.1, 0.15) is 30.1 Å². The van der Waals surface area contributed by atoms with Gasteiger partial charge in [0.2, 0.25) is 5.28 Å². The molecule has 19 heavy (non-hydrogen) atoms. The largest absolute Gasteiger partial charge is 0.301 e. The van der Waals surface area contributed by atoms with Crippen LogP contribution in [0.5, 0.6) is 0 Å². The molecule has 1 aromatic carbocycles. The van der Waals surface area contributed by atoms with Crippen molar-refractivity contribution in [3.05, 3.63) is 46.5 Å². The summed E-state index contributed by atoms with van der Waals surface area (Å²) in [6, 6.07) is 3.53. The number of nitrogens with zero attached hydrogens (tertiary/aromatic N) is 3. The van der Waals surface area contributed by atoms with E-state index in [2.05, 4.69) is 10.2 Å². The second-order valence-corrected chi connectivity index (χ2v) is 5.12. The second-order valence-electron chi connectivity index (χ2n) is 4.78. The lowest BCUT2D eigenvalue weighted by Gasteiger charge is -2.07. The normalized spacial score (nSPS) is 14.9. The number of hydrogen-bond acceptors (Lipinski definition) is 2. The van der Waals surface area contributed by atoms with E-state index in [1.165, 1.54) is 12.1 Å². The van der Waals surface area contributed by atoms with Crippen molar-refractivity contribution in [1.29, 1.82) is 0 Å². The van der Waals surface area contributed by atoms with Gasteiger partial charge in [0.15, 0.2) is 0 Å². The Morgan fingerprint density at radius 2 is 1.84 bits per heavy atom. The van der Waals surface area contributed by atoms with Crippen LogP contribution in [-0.2, 0) is 13.0 Å². The molecule has 1 heterocycles. The van der Waals surface area contributed by atoms with Gasteiger partial charge in [0, 0.05) is 18.5 Å². The molecule has 0 spiro atoms. The van der Waals surface area contributed by atoms with E-state index in [4.69, 9.17) is 11.6 Å². The van der Waals surface area contributed by atoms with Crippen molar-refractivity contribution in [2.45, 2.75) is 31.7 Å². The minimum atomic E-state index is -0.563. The maximum Gasteiger partial charge on any atom is 0.225 e. The highest BCUT2D eigenvalue weighted by molar-refractivity contribution is 6.28. The van der Waals surface area contributed by atoms with Crippen LogP contribution in [0.4, 0.5) is 8.78 Å². The van der Waals surface area contributed by atoms with Gasteiger partial charge in [-0.05, 0) is 48.6 Å². The molecule has 0 amide bonds. The predicted octanol–water partition coefficient (Wildman–Crippen LogP) is 3.33. The Bertz CT molecular complexity index is 588. The number of halogens is 3. The molecule has 0 N–H and O–H groups in total. The first kappa shape index (κ1) is 12.5. The van der Waals surface area contributed by atoms with Gasteiger partial charge in [-0.2, -0.15) is 0 Å². The molecular formula is C13H12ClF2N3. The minimum Gasteiger partial charge on any atom is -0.301 e. The van der Waals surface area contributed by atoms with Gasteiger partial charge in [0.05, 0.1) is 0 Å². The molecule has 0 saturated heterocycles. The van der Waals surface area contributed by atoms with Crippen molar-refractivity contribution in [3.63, 3.8) is 0 Å². The van der Waals surface area contributed by atoms with Gasteiger partial charge in [-0.25, -0.2) is 8.78 Å². The van der Waals surface area contributed by atoms with Crippen molar-refractivity contribution in [1.82, 2.24) is 14.8 Å². The molecule has 0 bridgehead atoms. The van der Waals surface area contributed by atoms with Crippen LogP contribution in [0.2, 0.25) is 5.28 Å². The van der Waals surface area contributed by atoms with E-state index >= 15 is 0 Å². The first-order valence-electron chi connectivity index (χ1n) is 6.17. The van der Waals surface area contributed by atoms with Crippen LogP contribution in [0.15, 0.2) is 18.2 Å². The van der Waals surface area contributed by atoms with Crippen LogP contribution in [0, 0.1) is 11.6 Å². The molecule has 6 heteroatoms. The van der Waals surface area contributed by atoms with Crippen LogP contribution < -0.4 is 0 Å². The molecule has 2 aromatic rings. The summed E-state index contributed by atoms with van der Waals surface area (Å²) in [4.78, 5) is 0. The molecule has 0 atom stereocenters. The lowest BCUT2D eigenvalue weighted by Crippen LogP contribution is -2.06. The Morgan fingerprint density at radius 1 is 1.16 bits per heavy atom. The van der Waals surface area contributed by atoms with Crippen molar-refractivity contribution in [2.24, 2.45) is 0 Å². The van der Waals surface area contributed by atoms with E-state index in [0.717, 1.165) is 24.7 Å². The maximum atomic E-state index is 13.1. The quantitative estimate of drug-likeness (QED) is 0.862. The first-order chi connectivity index (χ1) is 9.13. The van der Waals surface area contributed by atoms with Gasteiger partial charge in [-0.3, -0.25) is 0 Å². The fraction of sp³-hybridized carbons (Fsp3) is 0.385. The van der Waals surface area contributed by atoms with E-state index in [1.54, 1.807) is 0 Å². The van der Waals surface area contributed by atoms with Crippen LogP contribution in [0.3, 0.4) is 0 Å². The number of aromatic nitrogens is 3. The molecule has 0 unspecified atom stereocenters. The minimum absolute atomic E-state index is 0.332. The summed E-state index contributed by atoms with van der Waals surface area (Å²) in [5.41, 5.74) is 0.601. The Labute approximate surface area is 114 Å². The zero-order chi connectivity index (χ0) is 13.4. The van der Waals surface area contributed by atoms with Crippen molar-refractivity contribution in [3.8, 4) is 0 Å². The Morgan fingerprint density at radius 3 is 2.47 bits per heavy atom.